The second-order valence-electron chi connectivity index (χ2n) is 17.0. The molecule has 3 fully saturated rings. The van der Waals surface area contributed by atoms with E-state index in [9.17, 15) is 27.6 Å². The first-order chi connectivity index (χ1) is 25.9. The number of allylic oxidation sites excluding steroid dienone is 1. The van der Waals surface area contributed by atoms with E-state index in [1.807, 2.05) is 31.2 Å². The highest BCUT2D eigenvalue weighted by atomic mass is 32.2. The largest absolute Gasteiger partial charge is 0.497 e. The SMILES string of the molecule is CC[C@@H]1C[C@H](C)CCC=C[C@@H]2C[C@@]2(C(=O)NS(=O)(=O)C2(C)CC2)NC(=O)[C@@H]2C[C@@H](Oc3cncc4cc(OC)ccc34)CN2C(=O)[C@H]1NC(=O)OC(C)(C)C. The maximum atomic E-state index is 14.9. The summed E-state index contributed by atoms with van der Waals surface area (Å²) in [4.78, 5) is 62.4. The number of hydrogen-bond acceptors (Lipinski definition) is 10. The van der Waals surface area contributed by atoms with Crippen LogP contribution in [-0.4, -0.2) is 89.8 Å². The standard InChI is InChI=1S/C40H55N5O9S/c1-8-25-17-24(2)11-9-10-12-27-20-40(27,36(48)44-55(50,51)39(6)15-16-39)43-34(46)31-19-29(23-45(31)35(47)33(25)42-37(49)54-38(3,4)5)53-32-22-41-21-26-18-28(52-7)13-14-30(26)32/h10,12-14,18,21-22,24-25,27,29,31,33H,8-9,11,15-17,19-20,23H2,1-7H3,(H,42,49)(H,43,46)(H,44,48)/t24-,25-,27-,29-,31+,33+,40-/m1/s1. The first-order valence-corrected chi connectivity index (χ1v) is 20.8. The van der Waals surface area contributed by atoms with Gasteiger partial charge in [-0.2, -0.15) is 0 Å². The number of ether oxygens (including phenoxy) is 3. The van der Waals surface area contributed by atoms with Gasteiger partial charge in [-0.15, -0.1) is 0 Å². The highest BCUT2D eigenvalue weighted by Crippen LogP contribution is 2.47. The van der Waals surface area contributed by atoms with Crippen molar-refractivity contribution < 1.29 is 41.8 Å². The van der Waals surface area contributed by atoms with Gasteiger partial charge in [0, 0.05) is 29.3 Å². The van der Waals surface area contributed by atoms with Crippen LogP contribution in [0.25, 0.3) is 10.8 Å². The lowest BCUT2D eigenvalue weighted by molar-refractivity contribution is -0.142. The van der Waals surface area contributed by atoms with Gasteiger partial charge in [-0.1, -0.05) is 32.4 Å². The molecular formula is C40H55N5O9S. The van der Waals surface area contributed by atoms with Crippen LogP contribution in [0.3, 0.4) is 0 Å². The van der Waals surface area contributed by atoms with Gasteiger partial charge in [0.25, 0.3) is 5.91 Å². The first kappa shape index (κ1) is 40.3. The van der Waals surface area contributed by atoms with Crippen LogP contribution in [0.15, 0.2) is 42.7 Å². The van der Waals surface area contributed by atoms with Crippen molar-refractivity contribution in [3.05, 3.63) is 42.7 Å². The number of hydrogen-bond donors (Lipinski definition) is 3. The van der Waals surface area contributed by atoms with E-state index in [1.165, 1.54) is 4.90 Å². The molecule has 0 unspecified atom stereocenters. The minimum Gasteiger partial charge on any atom is -0.497 e. The molecule has 2 aromatic rings. The molecule has 1 aromatic heterocycles. The second kappa shape index (κ2) is 15.3. The van der Waals surface area contributed by atoms with E-state index in [-0.39, 0.29) is 31.2 Å². The molecule has 300 valence electrons. The molecule has 3 N–H and O–H groups in total. The Labute approximate surface area is 323 Å². The summed E-state index contributed by atoms with van der Waals surface area (Å²) < 4.78 is 45.1. The van der Waals surface area contributed by atoms with E-state index in [0.717, 1.165) is 17.2 Å². The van der Waals surface area contributed by atoms with Crippen molar-refractivity contribution >= 4 is 44.6 Å². The van der Waals surface area contributed by atoms with Crippen molar-refractivity contribution in [3.8, 4) is 11.5 Å². The summed E-state index contributed by atoms with van der Waals surface area (Å²) in [7, 11) is -2.42. The van der Waals surface area contributed by atoms with Gasteiger partial charge in [0.15, 0.2) is 0 Å². The average molecular weight is 782 g/mol. The fourth-order valence-electron chi connectivity index (χ4n) is 7.78. The van der Waals surface area contributed by atoms with Crippen LogP contribution >= 0.6 is 0 Å². The third kappa shape index (κ3) is 8.71. The number of aromatic nitrogens is 1. The predicted octanol–water partition coefficient (Wildman–Crippen LogP) is 4.76. The third-order valence-corrected chi connectivity index (χ3v) is 13.7. The Balaban J connectivity index is 1.36. The molecule has 2 aliphatic carbocycles. The van der Waals surface area contributed by atoms with E-state index in [4.69, 9.17) is 14.2 Å². The lowest BCUT2D eigenvalue weighted by atomic mass is 9.85. The van der Waals surface area contributed by atoms with E-state index in [0.29, 0.717) is 43.6 Å². The molecular weight excluding hydrogens is 727 g/mol. The highest BCUT2D eigenvalue weighted by Gasteiger charge is 2.63. The van der Waals surface area contributed by atoms with Crippen LogP contribution in [0.4, 0.5) is 4.79 Å². The van der Waals surface area contributed by atoms with Gasteiger partial charge in [0.2, 0.25) is 21.8 Å². The van der Waals surface area contributed by atoms with Gasteiger partial charge in [0.1, 0.15) is 40.8 Å². The van der Waals surface area contributed by atoms with Crippen LogP contribution in [-0.2, 0) is 29.1 Å². The average Bonchev–Trinajstić information content (AvgIpc) is 4.00. The molecule has 6 rings (SSSR count). The zero-order chi connectivity index (χ0) is 39.9. The zero-order valence-corrected chi connectivity index (χ0v) is 33.7. The number of carbonyl (C=O) groups excluding carboxylic acids is 4. The van der Waals surface area contributed by atoms with Crippen molar-refractivity contribution in [2.75, 3.05) is 13.7 Å². The number of alkyl carbamates (subject to hydrolysis) is 1. The van der Waals surface area contributed by atoms with Crippen molar-refractivity contribution in [1.29, 1.82) is 0 Å². The Morgan fingerprint density at radius 3 is 2.55 bits per heavy atom. The molecule has 4 aliphatic rings. The Morgan fingerprint density at radius 1 is 1.13 bits per heavy atom. The number of carbonyl (C=O) groups is 4. The molecule has 0 radical (unpaired) electrons. The number of methoxy groups -OCH3 is 1. The fraction of sp³-hybridized carbons (Fsp3) is 0.625. The molecule has 1 aromatic carbocycles. The Kier molecular flexibility index (Phi) is 11.2. The quantitative estimate of drug-likeness (QED) is 0.316. The maximum Gasteiger partial charge on any atom is 0.408 e. The smallest absolute Gasteiger partial charge is 0.408 e. The van der Waals surface area contributed by atoms with E-state index in [2.05, 4.69) is 27.3 Å². The lowest BCUT2D eigenvalue weighted by Gasteiger charge is -2.34. The van der Waals surface area contributed by atoms with Gasteiger partial charge in [-0.3, -0.25) is 24.1 Å². The van der Waals surface area contributed by atoms with Crippen LogP contribution in [0.1, 0.15) is 92.9 Å². The number of fused-ring (bicyclic) bond motifs is 3. The Hall–Kier alpha value is -4.40. The second-order valence-corrected chi connectivity index (χ2v) is 19.2. The van der Waals surface area contributed by atoms with Crippen molar-refractivity contribution in [2.24, 2.45) is 17.8 Å². The van der Waals surface area contributed by atoms with E-state index < -0.39 is 73.8 Å². The van der Waals surface area contributed by atoms with Crippen LogP contribution in [0, 0.1) is 17.8 Å². The summed E-state index contributed by atoms with van der Waals surface area (Å²) in [6.07, 6.45) is 9.49. The molecule has 3 heterocycles. The van der Waals surface area contributed by atoms with Gasteiger partial charge in [-0.05, 0) is 96.3 Å². The summed E-state index contributed by atoms with van der Waals surface area (Å²) in [6.45, 7) is 10.9. The van der Waals surface area contributed by atoms with Crippen LogP contribution in [0.2, 0.25) is 0 Å². The fourth-order valence-corrected chi connectivity index (χ4v) is 9.09. The molecule has 1 saturated heterocycles. The van der Waals surface area contributed by atoms with E-state index >= 15 is 0 Å². The Morgan fingerprint density at radius 2 is 1.87 bits per heavy atom. The van der Waals surface area contributed by atoms with Crippen LogP contribution in [0.5, 0.6) is 11.5 Å². The third-order valence-electron chi connectivity index (χ3n) is 11.5. The summed E-state index contributed by atoms with van der Waals surface area (Å²) in [5, 5.41) is 7.31. The number of nitrogens with one attached hydrogen (secondary N) is 3. The van der Waals surface area contributed by atoms with Gasteiger partial charge >= 0.3 is 6.09 Å². The number of sulfonamides is 1. The van der Waals surface area contributed by atoms with Crippen molar-refractivity contribution in [1.82, 2.24) is 25.2 Å². The number of pyridine rings is 1. The van der Waals surface area contributed by atoms with Gasteiger partial charge in [0.05, 0.1) is 24.6 Å². The zero-order valence-electron chi connectivity index (χ0n) is 32.8. The Bertz CT molecular complexity index is 1960. The van der Waals surface area contributed by atoms with Gasteiger partial charge in [-0.25, -0.2) is 13.2 Å². The molecule has 7 atom stereocenters. The molecule has 15 heteroatoms. The number of amides is 4. The monoisotopic (exact) mass is 781 g/mol. The summed E-state index contributed by atoms with van der Waals surface area (Å²) in [6, 6.07) is 3.34. The molecule has 55 heavy (non-hydrogen) atoms. The number of benzene rings is 1. The highest BCUT2D eigenvalue weighted by molar-refractivity contribution is 7.91. The number of rotatable bonds is 8. The first-order valence-electron chi connectivity index (χ1n) is 19.3. The molecule has 2 saturated carbocycles. The molecule has 0 spiro atoms. The van der Waals surface area contributed by atoms with Crippen LogP contribution < -0.4 is 24.8 Å². The predicted molar refractivity (Wildman–Crippen MR) is 206 cm³/mol. The minimum absolute atomic E-state index is 0.00277. The van der Waals surface area contributed by atoms with Gasteiger partial charge < -0.3 is 29.7 Å². The minimum atomic E-state index is -4.00. The maximum absolute atomic E-state index is 14.9. The normalized spacial score (nSPS) is 29.5. The molecule has 2 aliphatic heterocycles. The molecule has 14 nitrogen and oxygen atoms in total. The van der Waals surface area contributed by atoms with Crippen molar-refractivity contribution in [2.45, 2.75) is 127 Å². The summed E-state index contributed by atoms with van der Waals surface area (Å²) >= 11 is 0. The lowest BCUT2D eigenvalue weighted by Crippen LogP contribution is -2.59. The topological polar surface area (TPSA) is 182 Å². The molecule has 0 bridgehead atoms. The molecule has 4 amide bonds. The summed E-state index contributed by atoms with van der Waals surface area (Å²) in [5.41, 5.74) is -2.34. The van der Waals surface area contributed by atoms with Crippen molar-refractivity contribution in [3.63, 3.8) is 0 Å². The van der Waals surface area contributed by atoms with E-state index in [1.54, 1.807) is 53.3 Å². The number of nitrogens with zero attached hydrogens (tertiary/aromatic N) is 2. The summed E-state index contributed by atoms with van der Waals surface area (Å²) in [5.74, 6) is -1.35.